The highest BCUT2D eigenvalue weighted by Crippen LogP contribution is 2.26. The van der Waals surface area contributed by atoms with Gasteiger partial charge in [-0.1, -0.05) is 0 Å². The standard InChI is InChI=1S/C24H27F4N3O8/c25-15-14-16(26)23(28)24(22(15)27)39-21(36)6-12-37-10-1-7-29-18(33)5-11-38-13-8-30-17(32)4-9-31-19(34)2-3-20(31)35/h2-3,14H,1,4-13H2,(H,29,33)(H,30,32). The van der Waals surface area contributed by atoms with Crippen LogP contribution in [0.3, 0.4) is 0 Å². The molecule has 0 aliphatic carbocycles. The molecular formula is C24H27F4N3O8. The van der Waals surface area contributed by atoms with Gasteiger partial charge in [-0.05, 0) is 6.42 Å². The summed E-state index contributed by atoms with van der Waals surface area (Å²) in [6, 6.07) is -0.00658. The van der Waals surface area contributed by atoms with Crippen molar-refractivity contribution in [2.45, 2.75) is 25.7 Å². The fourth-order valence-corrected chi connectivity index (χ4v) is 3.04. The van der Waals surface area contributed by atoms with E-state index in [9.17, 15) is 41.5 Å². The first-order valence-corrected chi connectivity index (χ1v) is 11.9. The van der Waals surface area contributed by atoms with E-state index in [-0.39, 0.29) is 76.8 Å². The number of carbonyl (C=O) groups excluding carboxylic acids is 5. The monoisotopic (exact) mass is 561 g/mol. The van der Waals surface area contributed by atoms with Gasteiger partial charge in [-0.25, -0.2) is 8.78 Å². The smallest absolute Gasteiger partial charge is 0.313 e. The molecule has 11 nitrogen and oxygen atoms in total. The van der Waals surface area contributed by atoms with Gasteiger partial charge in [-0.15, -0.1) is 0 Å². The quantitative estimate of drug-likeness (QED) is 0.0714. The fraction of sp³-hybridized carbons (Fsp3) is 0.458. The van der Waals surface area contributed by atoms with Gasteiger partial charge >= 0.3 is 5.97 Å². The van der Waals surface area contributed by atoms with Gasteiger partial charge in [0.05, 0.1) is 26.2 Å². The average Bonchev–Trinajstić information content (AvgIpc) is 3.22. The molecule has 2 rings (SSSR count). The van der Waals surface area contributed by atoms with Crippen LogP contribution in [0.4, 0.5) is 17.6 Å². The Labute approximate surface area is 220 Å². The van der Waals surface area contributed by atoms with E-state index in [2.05, 4.69) is 15.4 Å². The van der Waals surface area contributed by atoms with Gasteiger partial charge in [0.25, 0.3) is 11.8 Å². The van der Waals surface area contributed by atoms with E-state index in [1.54, 1.807) is 0 Å². The number of nitrogens with one attached hydrogen (secondary N) is 2. The predicted octanol–water partition coefficient (Wildman–Crippen LogP) is 0.899. The summed E-state index contributed by atoms with van der Waals surface area (Å²) in [6.45, 7) is 0.646. The fourth-order valence-electron chi connectivity index (χ4n) is 3.04. The Kier molecular flexibility index (Phi) is 13.0. The maximum absolute atomic E-state index is 13.5. The molecule has 0 radical (unpaired) electrons. The van der Waals surface area contributed by atoms with E-state index in [0.29, 0.717) is 6.42 Å². The highest BCUT2D eigenvalue weighted by molar-refractivity contribution is 6.13. The van der Waals surface area contributed by atoms with Crippen molar-refractivity contribution in [2.75, 3.05) is 46.1 Å². The number of rotatable bonds is 17. The van der Waals surface area contributed by atoms with Crippen molar-refractivity contribution in [2.24, 2.45) is 0 Å². The molecule has 2 N–H and O–H groups in total. The SMILES string of the molecule is O=C(CCOCCNC(=O)CCN1C(=O)C=CC1=O)NCCCOCCC(=O)Oc1c(F)c(F)cc(F)c1F. The van der Waals surface area contributed by atoms with Crippen LogP contribution in [0.15, 0.2) is 18.2 Å². The third kappa shape index (κ3) is 10.8. The Balaban J connectivity index is 1.42. The average molecular weight is 561 g/mol. The van der Waals surface area contributed by atoms with Crippen LogP contribution >= 0.6 is 0 Å². The summed E-state index contributed by atoms with van der Waals surface area (Å²) < 4.78 is 67.9. The molecule has 0 fully saturated rings. The Morgan fingerprint density at radius 1 is 0.744 bits per heavy atom. The Hall–Kier alpha value is -3.85. The topological polar surface area (TPSA) is 140 Å². The zero-order valence-corrected chi connectivity index (χ0v) is 20.7. The second-order valence-corrected chi connectivity index (χ2v) is 7.96. The van der Waals surface area contributed by atoms with Crippen LogP contribution in [0.25, 0.3) is 0 Å². The molecule has 1 aliphatic rings. The lowest BCUT2D eigenvalue weighted by Crippen LogP contribution is -2.35. The molecule has 0 atom stereocenters. The molecule has 15 heteroatoms. The van der Waals surface area contributed by atoms with E-state index in [4.69, 9.17) is 9.47 Å². The first-order valence-electron chi connectivity index (χ1n) is 11.9. The zero-order chi connectivity index (χ0) is 28.8. The minimum atomic E-state index is -1.82. The summed E-state index contributed by atoms with van der Waals surface area (Å²) in [5.74, 6) is -11.2. The van der Waals surface area contributed by atoms with Crippen molar-refractivity contribution >= 4 is 29.6 Å². The molecule has 1 aromatic rings. The number of benzene rings is 1. The van der Waals surface area contributed by atoms with E-state index >= 15 is 0 Å². The summed E-state index contributed by atoms with van der Waals surface area (Å²) in [6.07, 6.45) is 2.26. The zero-order valence-electron chi connectivity index (χ0n) is 20.7. The van der Waals surface area contributed by atoms with Crippen molar-refractivity contribution in [1.29, 1.82) is 0 Å². The molecule has 1 aromatic carbocycles. The minimum absolute atomic E-state index is 0.00658. The maximum Gasteiger partial charge on any atom is 0.313 e. The number of hydrogen-bond donors (Lipinski definition) is 2. The molecule has 0 bridgehead atoms. The number of amides is 4. The van der Waals surface area contributed by atoms with E-state index < -0.39 is 53.2 Å². The van der Waals surface area contributed by atoms with Crippen molar-refractivity contribution in [3.8, 4) is 5.75 Å². The number of halogens is 4. The van der Waals surface area contributed by atoms with Crippen LogP contribution in [0, 0.1) is 23.3 Å². The number of ether oxygens (including phenoxy) is 3. The highest BCUT2D eigenvalue weighted by atomic mass is 19.2. The number of hydrogen-bond acceptors (Lipinski definition) is 8. The molecule has 1 heterocycles. The molecule has 0 spiro atoms. The largest absolute Gasteiger partial charge is 0.420 e. The van der Waals surface area contributed by atoms with Gasteiger partial charge in [0.2, 0.25) is 29.2 Å². The van der Waals surface area contributed by atoms with Crippen LogP contribution in [0.1, 0.15) is 25.7 Å². The second kappa shape index (κ2) is 16.2. The third-order valence-electron chi connectivity index (χ3n) is 5.03. The maximum atomic E-state index is 13.5. The molecule has 4 amide bonds. The van der Waals surface area contributed by atoms with Crippen LogP contribution < -0.4 is 15.4 Å². The van der Waals surface area contributed by atoms with Gasteiger partial charge in [-0.2, -0.15) is 8.78 Å². The van der Waals surface area contributed by atoms with Gasteiger partial charge in [0.15, 0.2) is 11.6 Å². The van der Waals surface area contributed by atoms with Crippen LogP contribution in [-0.4, -0.2) is 80.6 Å². The summed E-state index contributed by atoms with van der Waals surface area (Å²) >= 11 is 0. The van der Waals surface area contributed by atoms with Crippen molar-refractivity contribution in [3.05, 3.63) is 41.5 Å². The van der Waals surface area contributed by atoms with Gasteiger partial charge in [0, 0.05) is 57.3 Å². The molecular weight excluding hydrogens is 534 g/mol. The third-order valence-corrected chi connectivity index (χ3v) is 5.03. The Bertz CT molecular complexity index is 1060. The first-order chi connectivity index (χ1) is 18.6. The van der Waals surface area contributed by atoms with Crippen LogP contribution in [0.2, 0.25) is 0 Å². The summed E-state index contributed by atoms with van der Waals surface area (Å²) in [4.78, 5) is 58.9. The van der Waals surface area contributed by atoms with Crippen molar-refractivity contribution in [1.82, 2.24) is 15.5 Å². The normalized spacial score (nSPS) is 12.7. The lowest BCUT2D eigenvalue weighted by molar-refractivity contribution is -0.138. The van der Waals surface area contributed by atoms with Crippen LogP contribution in [0.5, 0.6) is 5.75 Å². The molecule has 1 aliphatic heterocycles. The van der Waals surface area contributed by atoms with Gasteiger partial charge in [-0.3, -0.25) is 28.9 Å². The number of carbonyl (C=O) groups is 5. The number of esters is 1. The van der Waals surface area contributed by atoms with Crippen LogP contribution in [-0.2, 0) is 33.4 Å². The van der Waals surface area contributed by atoms with Crippen molar-refractivity contribution in [3.63, 3.8) is 0 Å². The van der Waals surface area contributed by atoms with E-state index in [1.807, 2.05) is 0 Å². The van der Waals surface area contributed by atoms with E-state index in [0.717, 1.165) is 17.1 Å². The molecule has 0 saturated carbocycles. The number of imide groups is 1. The molecule has 214 valence electrons. The van der Waals surface area contributed by atoms with Gasteiger partial charge < -0.3 is 24.8 Å². The second-order valence-electron chi connectivity index (χ2n) is 7.96. The Morgan fingerprint density at radius 2 is 1.31 bits per heavy atom. The van der Waals surface area contributed by atoms with Crippen molar-refractivity contribution < 1.29 is 55.7 Å². The summed E-state index contributed by atoms with van der Waals surface area (Å²) in [5.41, 5.74) is 0. The molecule has 0 saturated heterocycles. The summed E-state index contributed by atoms with van der Waals surface area (Å²) in [7, 11) is 0. The molecule has 0 aromatic heterocycles. The lowest BCUT2D eigenvalue weighted by Gasteiger charge is -2.13. The lowest BCUT2D eigenvalue weighted by atomic mass is 10.3. The van der Waals surface area contributed by atoms with E-state index in [1.165, 1.54) is 0 Å². The van der Waals surface area contributed by atoms with Gasteiger partial charge in [0.1, 0.15) is 0 Å². The molecule has 0 unspecified atom stereocenters. The Morgan fingerprint density at radius 3 is 1.97 bits per heavy atom. The predicted molar refractivity (Wildman–Crippen MR) is 124 cm³/mol. The first kappa shape index (κ1) is 31.4. The molecule has 39 heavy (non-hydrogen) atoms. The highest BCUT2D eigenvalue weighted by Gasteiger charge is 2.24. The summed E-state index contributed by atoms with van der Waals surface area (Å²) in [5, 5.41) is 5.19. The number of nitrogens with zero attached hydrogens (tertiary/aromatic N) is 1. The minimum Gasteiger partial charge on any atom is -0.420 e.